The Bertz CT molecular complexity index is 303. The number of hydrogen-bond acceptors (Lipinski definition) is 2. The van der Waals surface area contributed by atoms with Gasteiger partial charge in [-0.2, -0.15) is 0 Å². The normalized spacial score (nSPS) is 17.9. The molecule has 1 aliphatic heterocycles. The Kier molecular flexibility index (Phi) is 2.87. The van der Waals surface area contributed by atoms with Crippen molar-refractivity contribution in [1.82, 2.24) is 14.9 Å². The van der Waals surface area contributed by atoms with E-state index < -0.39 is 0 Å². The van der Waals surface area contributed by atoms with Crippen LogP contribution in [0.2, 0.25) is 0 Å². The number of nitrogens with zero attached hydrogens (tertiary/aromatic N) is 2. The summed E-state index contributed by atoms with van der Waals surface area (Å²) in [6.45, 7) is 7.71. The van der Waals surface area contributed by atoms with Crippen molar-refractivity contribution in [3.05, 3.63) is 17.7 Å². The van der Waals surface area contributed by atoms with E-state index in [2.05, 4.69) is 28.7 Å². The van der Waals surface area contributed by atoms with Gasteiger partial charge in [0.15, 0.2) is 0 Å². The van der Waals surface area contributed by atoms with Crippen LogP contribution in [0.25, 0.3) is 0 Å². The van der Waals surface area contributed by atoms with Gasteiger partial charge < -0.3 is 9.88 Å². The van der Waals surface area contributed by atoms with Crippen LogP contribution in [-0.4, -0.2) is 16.1 Å². The zero-order chi connectivity index (χ0) is 9.97. The molecule has 0 bridgehead atoms. The molecule has 0 fully saturated rings. The lowest BCUT2D eigenvalue weighted by Crippen LogP contribution is -2.25. The van der Waals surface area contributed by atoms with Crippen molar-refractivity contribution >= 4 is 0 Å². The van der Waals surface area contributed by atoms with Gasteiger partial charge in [-0.05, 0) is 5.92 Å². The van der Waals surface area contributed by atoms with Crippen molar-refractivity contribution in [1.29, 1.82) is 0 Å². The van der Waals surface area contributed by atoms with E-state index in [9.17, 15) is 0 Å². The SMILES string of the molecule is CCC(C)Cn1cnc2c1CCNC2. The highest BCUT2D eigenvalue weighted by Gasteiger charge is 2.15. The first-order valence-electron chi connectivity index (χ1n) is 5.55. The molecule has 14 heavy (non-hydrogen) atoms. The first-order chi connectivity index (χ1) is 6.81. The van der Waals surface area contributed by atoms with Crippen LogP contribution in [0.15, 0.2) is 6.33 Å². The minimum Gasteiger partial charge on any atom is -0.334 e. The van der Waals surface area contributed by atoms with Crippen molar-refractivity contribution in [2.24, 2.45) is 5.92 Å². The van der Waals surface area contributed by atoms with E-state index in [4.69, 9.17) is 0 Å². The van der Waals surface area contributed by atoms with Gasteiger partial charge >= 0.3 is 0 Å². The molecule has 1 aliphatic rings. The fraction of sp³-hybridized carbons (Fsp3) is 0.727. The molecule has 0 saturated heterocycles. The Labute approximate surface area is 85.5 Å². The molecule has 0 aliphatic carbocycles. The van der Waals surface area contributed by atoms with Gasteiger partial charge in [-0.25, -0.2) is 4.98 Å². The predicted octanol–water partition coefficient (Wildman–Crippen LogP) is 1.57. The fourth-order valence-electron chi connectivity index (χ4n) is 1.92. The van der Waals surface area contributed by atoms with Crippen LogP contribution in [-0.2, 0) is 19.5 Å². The summed E-state index contributed by atoms with van der Waals surface area (Å²) < 4.78 is 2.34. The Hall–Kier alpha value is -0.830. The molecule has 0 aromatic carbocycles. The monoisotopic (exact) mass is 193 g/mol. The average Bonchev–Trinajstić information content (AvgIpc) is 2.62. The Balaban J connectivity index is 2.14. The van der Waals surface area contributed by atoms with Gasteiger partial charge in [0.1, 0.15) is 0 Å². The van der Waals surface area contributed by atoms with Crippen molar-refractivity contribution in [2.45, 2.75) is 39.8 Å². The minimum absolute atomic E-state index is 0.753. The Morgan fingerprint density at radius 1 is 1.64 bits per heavy atom. The molecular formula is C11H19N3. The third-order valence-electron chi connectivity index (χ3n) is 3.07. The van der Waals surface area contributed by atoms with Crippen LogP contribution in [0.4, 0.5) is 0 Å². The van der Waals surface area contributed by atoms with Gasteiger partial charge in [-0.15, -0.1) is 0 Å². The molecule has 3 heteroatoms. The first-order valence-corrected chi connectivity index (χ1v) is 5.55. The van der Waals surface area contributed by atoms with Crippen LogP contribution in [0, 0.1) is 5.92 Å². The molecule has 78 valence electrons. The van der Waals surface area contributed by atoms with E-state index in [0.29, 0.717) is 0 Å². The molecule has 1 atom stereocenters. The number of rotatable bonds is 3. The molecule has 2 heterocycles. The molecule has 1 aromatic heterocycles. The molecule has 1 N–H and O–H groups in total. The summed E-state index contributed by atoms with van der Waals surface area (Å²) in [7, 11) is 0. The van der Waals surface area contributed by atoms with Gasteiger partial charge in [0.25, 0.3) is 0 Å². The van der Waals surface area contributed by atoms with E-state index >= 15 is 0 Å². The molecule has 1 aromatic rings. The molecular weight excluding hydrogens is 174 g/mol. The topological polar surface area (TPSA) is 29.9 Å². The number of imidazole rings is 1. The minimum atomic E-state index is 0.753. The van der Waals surface area contributed by atoms with E-state index in [1.54, 1.807) is 0 Å². The summed E-state index contributed by atoms with van der Waals surface area (Å²) in [5.74, 6) is 0.753. The van der Waals surface area contributed by atoms with Crippen LogP contribution < -0.4 is 5.32 Å². The van der Waals surface area contributed by atoms with Crippen LogP contribution in [0.1, 0.15) is 31.7 Å². The van der Waals surface area contributed by atoms with E-state index in [0.717, 1.165) is 32.0 Å². The maximum atomic E-state index is 4.44. The lowest BCUT2D eigenvalue weighted by atomic mass is 10.1. The van der Waals surface area contributed by atoms with Crippen molar-refractivity contribution < 1.29 is 0 Å². The zero-order valence-electron chi connectivity index (χ0n) is 9.08. The van der Waals surface area contributed by atoms with E-state index in [1.165, 1.54) is 17.8 Å². The Morgan fingerprint density at radius 2 is 2.50 bits per heavy atom. The highest BCUT2D eigenvalue weighted by atomic mass is 15.1. The smallest absolute Gasteiger partial charge is 0.0952 e. The second kappa shape index (κ2) is 4.13. The van der Waals surface area contributed by atoms with Gasteiger partial charge in [0, 0.05) is 31.7 Å². The standard InChI is InChI=1S/C11H19N3/c1-3-9(2)7-14-8-13-10-6-12-5-4-11(10)14/h8-9,12H,3-7H2,1-2H3. The molecule has 0 spiro atoms. The van der Waals surface area contributed by atoms with Crippen LogP contribution >= 0.6 is 0 Å². The largest absolute Gasteiger partial charge is 0.334 e. The lowest BCUT2D eigenvalue weighted by Gasteiger charge is -2.17. The Morgan fingerprint density at radius 3 is 3.29 bits per heavy atom. The average molecular weight is 193 g/mol. The van der Waals surface area contributed by atoms with Crippen molar-refractivity contribution in [3.63, 3.8) is 0 Å². The third-order valence-corrected chi connectivity index (χ3v) is 3.07. The van der Waals surface area contributed by atoms with E-state index in [-0.39, 0.29) is 0 Å². The molecule has 3 nitrogen and oxygen atoms in total. The van der Waals surface area contributed by atoms with Crippen molar-refractivity contribution in [2.75, 3.05) is 6.54 Å². The quantitative estimate of drug-likeness (QED) is 0.789. The summed E-state index contributed by atoms with van der Waals surface area (Å²) in [6, 6.07) is 0. The first kappa shape index (κ1) is 9.71. The maximum Gasteiger partial charge on any atom is 0.0952 e. The van der Waals surface area contributed by atoms with Crippen LogP contribution in [0.5, 0.6) is 0 Å². The second-order valence-electron chi connectivity index (χ2n) is 4.23. The highest BCUT2D eigenvalue weighted by Crippen LogP contribution is 2.15. The predicted molar refractivity (Wildman–Crippen MR) is 57.1 cm³/mol. The summed E-state index contributed by atoms with van der Waals surface area (Å²) >= 11 is 0. The molecule has 0 amide bonds. The summed E-state index contributed by atoms with van der Waals surface area (Å²) in [4.78, 5) is 4.44. The zero-order valence-corrected chi connectivity index (χ0v) is 9.08. The molecule has 0 saturated carbocycles. The van der Waals surface area contributed by atoms with E-state index in [1.807, 2.05) is 6.33 Å². The van der Waals surface area contributed by atoms with Gasteiger partial charge in [-0.1, -0.05) is 20.3 Å². The van der Waals surface area contributed by atoms with Crippen molar-refractivity contribution in [3.8, 4) is 0 Å². The lowest BCUT2D eigenvalue weighted by molar-refractivity contribution is 0.453. The maximum absolute atomic E-state index is 4.44. The number of fused-ring (bicyclic) bond motifs is 1. The third kappa shape index (κ3) is 1.82. The molecule has 1 unspecified atom stereocenters. The number of hydrogen-bond donors (Lipinski definition) is 1. The van der Waals surface area contributed by atoms with Gasteiger partial charge in [0.05, 0.1) is 12.0 Å². The van der Waals surface area contributed by atoms with Crippen LogP contribution in [0.3, 0.4) is 0 Å². The fourth-order valence-corrected chi connectivity index (χ4v) is 1.92. The summed E-state index contributed by atoms with van der Waals surface area (Å²) in [5, 5.41) is 3.35. The highest BCUT2D eigenvalue weighted by molar-refractivity contribution is 5.16. The van der Waals surface area contributed by atoms with Gasteiger partial charge in [-0.3, -0.25) is 0 Å². The summed E-state index contributed by atoms with van der Waals surface area (Å²) in [5.41, 5.74) is 2.70. The number of aromatic nitrogens is 2. The number of nitrogens with one attached hydrogen (secondary N) is 1. The molecule has 0 radical (unpaired) electrons. The second-order valence-corrected chi connectivity index (χ2v) is 4.23. The van der Waals surface area contributed by atoms with Gasteiger partial charge in [0.2, 0.25) is 0 Å². The summed E-state index contributed by atoms with van der Waals surface area (Å²) in [6.07, 6.45) is 4.38. The molecule has 2 rings (SSSR count).